The number of hydrogen-bond acceptors (Lipinski definition) is 7. The number of thioether (sulfide) groups is 1. The normalized spacial score (nSPS) is 10.8. The molecule has 0 saturated carbocycles. The molecule has 1 aromatic heterocycles. The molecule has 10 heteroatoms. The minimum Gasteiger partial charge on any atom is -0.485 e. The molecule has 174 valence electrons. The standard InChI is InChI=1S/C23H28N6O3S/c1-14(2)18-9-8-15(3)10-19(18)32-12-20-27-28-23(29(20)24)33-13-21(30)26-17-7-5-6-16(11-17)22(31)25-4/h5-11,14H,12-13,24H2,1-4H3,(H,25,31)(H,26,30). The van der Waals surface area contributed by atoms with E-state index < -0.39 is 0 Å². The Hall–Kier alpha value is -3.53. The number of nitrogen functional groups attached to an aromatic ring is 1. The molecule has 2 aromatic carbocycles. The van der Waals surface area contributed by atoms with Gasteiger partial charge in [0.2, 0.25) is 11.1 Å². The van der Waals surface area contributed by atoms with Crippen molar-refractivity contribution in [1.29, 1.82) is 0 Å². The highest BCUT2D eigenvalue weighted by atomic mass is 32.2. The van der Waals surface area contributed by atoms with Crippen molar-refractivity contribution in [1.82, 2.24) is 20.2 Å². The van der Waals surface area contributed by atoms with Gasteiger partial charge < -0.3 is 21.2 Å². The van der Waals surface area contributed by atoms with Crippen molar-refractivity contribution in [2.45, 2.75) is 38.5 Å². The summed E-state index contributed by atoms with van der Waals surface area (Å²) in [5, 5.41) is 13.9. The maximum absolute atomic E-state index is 12.3. The van der Waals surface area contributed by atoms with Gasteiger partial charge in [-0.25, -0.2) is 4.68 Å². The lowest BCUT2D eigenvalue weighted by Gasteiger charge is -2.14. The number of aryl methyl sites for hydroxylation is 1. The van der Waals surface area contributed by atoms with E-state index in [1.165, 1.54) is 4.68 Å². The molecule has 0 bridgehead atoms. The van der Waals surface area contributed by atoms with Crippen LogP contribution < -0.4 is 21.2 Å². The molecule has 0 spiro atoms. The van der Waals surface area contributed by atoms with Crippen LogP contribution in [0.3, 0.4) is 0 Å². The predicted octanol–water partition coefficient (Wildman–Crippen LogP) is 3.09. The Labute approximate surface area is 197 Å². The molecule has 0 aliphatic heterocycles. The Morgan fingerprint density at radius 1 is 1.18 bits per heavy atom. The Morgan fingerprint density at radius 2 is 1.97 bits per heavy atom. The number of carbonyl (C=O) groups is 2. The average molecular weight is 469 g/mol. The molecule has 0 aliphatic rings. The van der Waals surface area contributed by atoms with Crippen LogP contribution in [0.15, 0.2) is 47.6 Å². The van der Waals surface area contributed by atoms with Crippen molar-refractivity contribution in [3.05, 3.63) is 65.0 Å². The highest BCUT2D eigenvalue weighted by Crippen LogP contribution is 2.28. The van der Waals surface area contributed by atoms with Gasteiger partial charge >= 0.3 is 0 Å². The molecule has 3 rings (SSSR count). The largest absolute Gasteiger partial charge is 0.485 e. The Balaban J connectivity index is 1.58. The fourth-order valence-electron chi connectivity index (χ4n) is 3.10. The van der Waals surface area contributed by atoms with Crippen molar-refractivity contribution in [2.24, 2.45) is 0 Å². The van der Waals surface area contributed by atoms with E-state index >= 15 is 0 Å². The SMILES string of the molecule is CNC(=O)c1cccc(NC(=O)CSc2nnc(COc3cc(C)ccc3C(C)C)n2N)c1. The first-order valence-corrected chi connectivity index (χ1v) is 11.4. The fraction of sp³-hybridized carbons (Fsp3) is 0.304. The zero-order valence-electron chi connectivity index (χ0n) is 19.1. The summed E-state index contributed by atoms with van der Waals surface area (Å²) < 4.78 is 7.31. The molecule has 2 amide bonds. The number of nitrogens with zero attached hydrogens (tertiary/aromatic N) is 3. The molecule has 0 unspecified atom stereocenters. The first-order valence-electron chi connectivity index (χ1n) is 10.5. The Morgan fingerprint density at radius 3 is 2.70 bits per heavy atom. The summed E-state index contributed by atoms with van der Waals surface area (Å²) in [6.45, 7) is 6.39. The maximum Gasteiger partial charge on any atom is 0.251 e. The molecule has 0 atom stereocenters. The first-order chi connectivity index (χ1) is 15.8. The third-order valence-electron chi connectivity index (χ3n) is 4.85. The Kier molecular flexibility index (Phi) is 7.94. The summed E-state index contributed by atoms with van der Waals surface area (Å²) in [7, 11) is 1.55. The molecule has 0 fully saturated rings. The number of benzene rings is 2. The van der Waals surface area contributed by atoms with Crippen LogP contribution in [0.4, 0.5) is 5.69 Å². The minimum absolute atomic E-state index is 0.0791. The summed E-state index contributed by atoms with van der Waals surface area (Å²) in [5.74, 6) is 7.28. The van der Waals surface area contributed by atoms with Gasteiger partial charge in [0.25, 0.3) is 5.91 Å². The smallest absolute Gasteiger partial charge is 0.251 e. The van der Waals surface area contributed by atoms with Crippen LogP contribution in [-0.2, 0) is 11.4 Å². The van der Waals surface area contributed by atoms with Gasteiger partial charge in [0.1, 0.15) is 12.4 Å². The lowest BCUT2D eigenvalue weighted by atomic mass is 10.0. The number of amides is 2. The number of nitrogens with two attached hydrogens (primary N) is 1. The molecule has 33 heavy (non-hydrogen) atoms. The third-order valence-corrected chi connectivity index (χ3v) is 5.79. The molecule has 0 saturated heterocycles. The molecule has 3 aromatic rings. The molecule has 0 radical (unpaired) electrons. The zero-order valence-corrected chi connectivity index (χ0v) is 19.9. The van der Waals surface area contributed by atoms with E-state index in [1.807, 2.05) is 13.0 Å². The van der Waals surface area contributed by atoms with Crippen LogP contribution in [0.25, 0.3) is 0 Å². The highest BCUT2D eigenvalue weighted by Gasteiger charge is 2.15. The second-order valence-corrected chi connectivity index (χ2v) is 8.69. The first kappa shape index (κ1) is 24.1. The molecular weight excluding hydrogens is 440 g/mol. The zero-order chi connectivity index (χ0) is 24.0. The van der Waals surface area contributed by atoms with Crippen LogP contribution in [-0.4, -0.2) is 39.5 Å². The van der Waals surface area contributed by atoms with E-state index in [0.29, 0.717) is 28.1 Å². The number of aromatic nitrogens is 3. The van der Waals surface area contributed by atoms with Gasteiger partial charge in [0.05, 0.1) is 5.75 Å². The number of nitrogens with one attached hydrogen (secondary N) is 2. The van der Waals surface area contributed by atoms with Gasteiger partial charge in [0.15, 0.2) is 5.82 Å². The number of rotatable bonds is 9. The van der Waals surface area contributed by atoms with Crippen molar-refractivity contribution in [3.8, 4) is 5.75 Å². The second kappa shape index (κ2) is 10.9. The molecule has 9 nitrogen and oxygen atoms in total. The topological polar surface area (TPSA) is 124 Å². The number of anilines is 1. The number of ether oxygens (including phenoxy) is 1. The minimum atomic E-state index is -0.254. The Bertz CT molecular complexity index is 1140. The van der Waals surface area contributed by atoms with Gasteiger partial charge in [0, 0.05) is 18.3 Å². The summed E-state index contributed by atoms with van der Waals surface area (Å²) in [6.07, 6.45) is 0. The molecular formula is C23H28N6O3S. The maximum atomic E-state index is 12.3. The molecule has 0 aliphatic carbocycles. The molecule has 1 heterocycles. The van der Waals surface area contributed by atoms with Crippen molar-refractivity contribution < 1.29 is 14.3 Å². The highest BCUT2D eigenvalue weighted by molar-refractivity contribution is 7.99. The quantitative estimate of drug-likeness (QED) is 0.326. The van der Waals surface area contributed by atoms with Gasteiger partial charge in [-0.2, -0.15) is 0 Å². The van der Waals surface area contributed by atoms with Gasteiger partial charge in [-0.3, -0.25) is 9.59 Å². The molecule has 4 N–H and O–H groups in total. The van der Waals surface area contributed by atoms with Crippen molar-refractivity contribution in [2.75, 3.05) is 24.0 Å². The van der Waals surface area contributed by atoms with E-state index in [9.17, 15) is 9.59 Å². The number of hydrogen-bond donors (Lipinski definition) is 3. The average Bonchev–Trinajstić information content (AvgIpc) is 3.15. The fourth-order valence-corrected chi connectivity index (χ4v) is 3.78. The van der Waals surface area contributed by atoms with Gasteiger partial charge in [-0.05, 0) is 48.2 Å². The lowest BCUT2D eigenvalue weighted by Crippen LogP contribution is -2.19. The third kappa shape index (κ3) is 6.26. The van der Waals surface area contributed by atoms with E-state index in [2.05, 4.69) is 46.8 Å². The van der Waals surface area contributed by atoms with Gasteiger partial charge in [-0.1, -0.05) is 43.8 Å². The van der Waals surface area contributed by atoms with E-state index in [4.69, 9.17) is 10.6 Å². The van der Waals surface area contributed by atoms with E-state index in [0.717, 1.165) is 28.6 Å². The monoisotopic (exact) mass is 468 g/mol. The van der Waals surface area contributed by atoms with Crippen LogP contribution >= 0.6 is 11.8 Å². The summed E-state index contributed by atoms with van der Waals surface area (Å²) >= 11 is 1.16. The van der Waals surface area contributed by atoms with E-state index in [-0.39, 0.29) is 24.2 Å². The summed E-state index contributed by atoms with van der Waals surface area (Å²) in [4.78, 5) is 24.1. The predicted molar refractivity (Wildman–Crippen MR) is 129 cm³/mol. The number of carbonyl (C=O) groups excluding carboxylic acids is 2. The van der Waals surface area contributed by atoms with Gasteiger partial charge in [-0.15, -0.1) is 10.2 Å². The summed E-state index contributed by atoms with van der Waals surface area (Å²) in [6, 6.07) is 12.8. The second-order valence-electron chi connectivity index (χ2n) is 7.75. The van der Waals surface area contributed by atoms with Crippen molar-refractivity contribution >= 4 is 29.3 Å². The van der Waals surface area contributed by atoms with Crippen molar-refractivity contribution in [3.63, 3.8) is 0 Å². The lowest BCUT2D eigenvalue weighted by molar-refractivity contribution is -0.113. The summed E-state index contributed by atoms with van der Waals surface area (Å²) in [5.41, 5.74) is 3.20. The van der Waals surface area contributed by atoms with Crippen LogP contribution in [0.1, 0.15) is 47.1 Å². The van der Waals surface area contributed by atoms with Crippen LogP contribution in [0, 0.1) is 6.92 Å². The van der Waals surface area contributed by atoms with Crippen LogP contribution in [0.2, 0.25) is 0 Å². The van der Waals surface area contributed by atoms with Crippen LogP contribution in [0.5, 0.6) is 5.75 Å². The van der Waals surface area contributed by atoms with E-state index in [1.54, 1.807) is 31.3 Å².